The highest BCUT2D eigenvalue weighted by Gasteiger charge is 2.42. The van der Waals surface area contributed by atoms with Crippen molar-refractivity contribution in [2.75, 3.05) is 6.61 Å². The molecule has 32 heavy (non-hydrogen) atoms. The molecule has 170 valence electrons. The van der Waals surface area contributed by atoms with Gasteiger partial charge in [-0.15, -0.1) is 23.2 Å². The molecule has 2 aromatic carbocycles. The zero-order valence-electron chi connectivity index (χ0n) is 17.0. The zero-order chi connectivity index (χ0) is 22.5. The Labute approximate surface area is 197 Å². The largest absolute Gasteiger partial charge is 0.457 e. The van der Waals surface area contributed by atoms with E-state index in [1.165, 1.54) is 6.07 Å². The first-order valence-corrected chi connectivity index (χ1v) is 12.2. The van der Waals surface area contributed by atoms with Gasteiger partial charge in [0.25, 0.3) is 5.95 Å². The monoisotopic (exact) mass is 496 g/mol. The van der Waals surface area contributed by atoms with Crippen molar-refractivity contribution in [1.82, 2.24) is 0 Å². The lowest BCUT2D eigenvalue weighted by Crippen LogP contribution is -2.22. The lowest BCUT2D eigenvalue weighted by molar-refractivity contribution is 0.0720. The lowest BCUT2D eigenvalue weighted by Gasteiger charge is -2.24. The van der Waals surface area contributed by atoms with Crippen molar-refractivity contribution in [2.45, 2.75) is 29.7 Å². The molecule has 4 atom stereocenters. The highest BCUT2D eigenvalue weighted by atomic mass is 35.5. The summed E-state index contributed by atoms with van der Waals surface area (Å²) in [6, 6.07) is 20.7. The molecule has 0 spiro atoms. The molecule has 1 aliphatic rings. The molecule has 1 heterocycles. The number of ether oxygens (including phenoxy) is 2. The second kappa shape index (κ2) is 10.9. The number of rotatable bonds is 9. The van der Waals surface area contributed by atoms with Gasteiger partial charge in [0.2, 0.25) is 0 Å². The fourth-order valence-electron chi connectivity index (χ4n) is 3.94. The molecule has 1 aromatic heterocycles. The average Bonchev–Trinajstić information content (AvgIpc) is 3.32. The molecule has 1 fully saturated rings. The van der Waals surface area contributed by atoms with Gasteiger partial charge in [-0.05, 0) is 42.3 Å². The van der Waals surface area contributed by atoms with E-state index in [4.69, 9.17) is 51.4 Å². The van der Waals surface area contributed by atoms with Crippen LogP contribution in [-0.4, -0.2) is 27.1 Å². The fourth-order valence-corrected chi connectivity index (χ4v) is 5.23. The summed E-state index contributed by atoms with van der Waals surface area (Å²) in [5.41, 5.74) is 1.09. The van der Waals surface area contributed by atoms with Crippen LogP contribution in [0.1, 0.15) is 23.7 Å². The van der Waals surface area contributed by atoms with Crippen LogP contribution in [0.5, 0.6) is 17.4 Å². The molecular formula is C23H23Cl2O6P. The van der Waals surface area contributed by atoms with E-state index in [0.29, 0.717) is 18.8 Å². The van der Waals surface area contributed by atoms with Crippen LogP contribution in [0.2, 0.25) is 0 Å². The molecule has 9 heteroatoms. The maximum atomic E-state index is 8.89. The number of hydrogen-bond acceptors (Lipinski definition) is 6. The minimum Gasteiger partial charge on any atom is -0.457 e. The maximum Gasteiger partial charge on any atom is 0.393 e. The lowest BCUT2D eigenvalue weighted by atomic mass is 9.89. The van der Waals surface area contributed by atoms with Crippen molar-refractivity contribution in [3.05, 3.63) is 78.1 Å². The van der Waals surface area contributed by atoms with Crippen molar-refractivity contribution >= 4 is 31.8 Å². The first kappa shape index (κ1) is 23.4. The third kappa shape index (κ3) is 5.96. The van der Waals surface area contributed by atoms with Gasteiger partial charge < -0.3 is 28.2 Å². The molecule has 3 aromatic rings. The topological polar surface area (TPSA) is 81.3 Å². The summed E-state index contributed by atoms with van der Waals surface area (Å²) < 4.78 is 21.8. The third-order valence-corrected chi connectivity index (χ3v) is 6.67. The van der Waals surface area contributed by atoms with Gasteiger partial charge in [0.05, 0.1) is 6.61 Å². The standard InChI is InChI=1S/C23H23Cl2O6P/c24-20-12-21(25)23(15-6-8-17(9-7-15)29-16-4-2-1-3-5-16)19(20)14-28-13-18-10-11-22(30-18)31-32(26)27/h1-11,19-21,23,26-27H,12-14H2. The second-order valence-electron chi connectivity index (χ2n) is 7.52. The third-order valence-electron chi connectivity index (χ3n) is 5.37. The molecule has 6 nitrogen and oxygen atoms in total. The highest BCUT2D eigenvalue weighted by Crippen LogP contribution is 2.46. The molecule has 1 aliphatic carbocycles. The van der Waals surface area contributed by atoms with Gasteiger partial charge in [-0.2, -0.15) is 0 Å². The van der Waals surface area contributed by atoms with Crippen molar-refractivity contribution in [3.63, 3.8) is 0 Å². The summed E-state index contributed by atoms with van der Waals surface area (Å²) >= 11 is 13.3. The van der Waals surface area contributed by atoms with Crippen LogP contribution in [0.3, 0.4) is 0 Å². The highest BCUT2D eigenvalue weighted by molar-refractivity contribution is 7.39. The summed E-state index contributed by atoms with van der Waals surface area (Å²) in [6.45, 7) is 0.621. The Morgan fingerprint density at radius 1 is 0.906 bits per heavy atom. The minimum atomic E-state index is -2.52. The van der Waals surface area contributed by atoms with Gasteiger partial charge in [0, 0.05) is 28.7 Å². The van der Waals surface area contributed by atoms with Crippen LogP contribution in [0.15, 0.2) is 71.1 Å². The van der Waals surface area contributed by atoms with Crippen molar-refractivity contribution in [2.24, 2.45) is 5.92 Å². The van der Waals surface area contributed by atoms with Crippen LogP contribution in [0.25, 0.3) is 0 Å². The number of hydrogen-bond donors (Lipinski definition) is 2. The van der Waals surface area contributed by atoms with Crippen LogP contribution < -0.4 is 9.26 Å². The van der Waals surface area contributed by atoms with E-state index in [1.807, 2.05) is 54.6 Å². The van der Waals surface area contributed by atoms with Crippen LogP contribution >= 0.6 is 31.8 Å². The van der Waals surface area contributed by atoms with E-state index in [9.17, 15) is 0 Å². The average molecular weight is 497 g/mol. The molecule has 4 rings (SSSR count). The number of alkyl halides is 2. The van der Waals surface area contributed by atoms with Crippen LogP contribution in [0.4, 0.5) is 0 Å². The van der Waals surface area contributed by atoms with Crippen LogP contribution in [-0.2, 0) is 11.3 Å². The summed E-state index contributed by atoms with van der Waals surface area (Å²) in [4.78, 5) is 17.8. The Morgan fingerprint density at radius 3 is 2.34 bits per heavy atom. The minimum absolute atomic E-state index is 0.0345. The van der Waals surface area contributed by atoms with E-state index in [1.54, 1.807) is 6.07 Å². The van der Waals surface area contributed by atoms with Gasteiger partial charge >= 0.3 is 8.60 Å². The first-order chi connectivity index (χ1) is 15.5. The Morgan fingerprint density at radius 2 is 1.62 bits per heavy atom. The predicted octanol–water partition coefficient (Wildman–Crippen LogP) is 6.20. The van der Waals surface area contributed by atoms with Gasteiger partial charge in [-0.25, -0.2) is 0 Å². The molecule has 0 radical (unpaired) electrons. The Balaban J connectivity index is 1.37. The summed E-state index contributed by atoms with van der Waals surface area (Å²) in [5.74, 6) is 2.17. The Kier molecular flexibility index (Phi) is 7.95. The zero-order valence-corrected chi connectivity index (χ0v) is 19.4. The molecule has 4 unspecified atom stereocenters. The molecule has 0 amide bonds. The summed E-state index contributed by atoms with van der Waals surface area (Å²) in [5, 5.41) is -0.200. The van der Waals surface area contributed by atoms with Gasteiger partial charge in [-0.1, -0.05) is 30.3 Å². The van der Waals surface area contributed by atoms with E-state index >= 15 is 0 Å². The molecule has 1 saturated carbocycles. The number of para-hydroxylation sites is 1. The number of halogens is 2. The van der Waals surface area contributed by atoms with Crippen molar-refractivity contribution in [3.8, 4) is 17.4 Å². The Bertz CT molecular complexity index is 982. The molecule has 2 N–H and O–H groups in total. The predicted molar refractivity (Wildman–Crippen MR) is 123 cm³/mol. The second-order valence-corrected chi connectivity index (χ2v) is 9.33. The number of furan rings is 1. The Hall–Kier alpha value is -1.79. The van der Waals surface area contributed by atoms with Crippen LogP contribution in [0, 0.1) is 5.92 Å². The summed E-state index contributed by atoms with van der Waals surface area (Å²) in [7, 11) is -2.52. The van der Waals surface area contributed by atoms with E-state index in [2.05, 4.69) is 0 Å². The van der Waals surface area contributed by atoms with E-state index in [0.717, 1.165) is 17.1 Å². The molecule has 0 saturated heterocycles. The van der Waals surface area contributed by atoms with Crippen molar-refractivity contribution in [1.29, 1.82) is 0 Å². The summed E-state index contributed by atoms with van der Waals surface area (Å²) in [6.07, 6.45) is 0.694. The first-order valence-electron chi connectivity index (χ1n) is 10.1. The number of benzene rings is 2. The SMILES string of the molecule is OP(O)Oc1ccc(COCC2C(Cl)CC(Cl)C2c2ccc(Oc3ccccc3)cc2)o1. The quantitative estimate of drug-likeness (QED) is 0.271. The van der Waals surface area contributed by atoms with Gasteiger partial charge in [0.1, 0.15) is 23.9 Å². The van der Waals surface area contributed by atoms with Gasteiger partial charge in [0.15, 0.2) is 0 Å². The molecular weight excluding hydrogens is 474 g/mol. The smallest absolute Gasteiger partial charge is 0.393 e. The van der Waals surface area contributed by atoms with Gasteiger partial charge in [-0.3, -0.25) is 0 Å². The van der Waals surface area contributed by atoms with E-state index in [-0.39, 0.29) is 35.1 Å². The fraction of sp³-hybridized carbons (Fsp3) is 0.304. The maximum absolute atomic E-state index is 8.89. The normalized spacial score (nSPS) is 22.9. The molecule has 0 bridgehead atoms. The molecule has 0 aliphatic heterocycles. The van der Waals surface area contributed by atoms with E-state index < -0.39 is 8.60 Å². The van der Waals surface area contributed by atoms with Crippen molar-refractivity contribution < 1.29 is 28.2 Å².